The molecule has 0 aromatic heterocycles. The van der Waals surface area contributed by atoms with E-state index in [1.54, 1.807) is 6.92 Å². The van der Waals surface area contributed by atoms with Crippen LogP contribution in [0.4, 0.5) is 0 Å². The van der Waals surface area contributed by atoms with Crippen LogP contribution >= 0.6 is 11.8 Å². The van der Waals surface area contributed by atoms with Gasteiger partial charge in [0, 0.05) is 5.75 Å². The molecule has 15 heavy (non-hydrogen) atoms. The van der Waals surface area contributed by atoms with E-state index >= 15 is 0 Å². The van der Waals surface area contributed by atoms with Crippen LogP contribution in [0.25, 0.3) is 0 Å². The first-order valence-electron chi connectivity index (χ1n) is 4.26. The van der Waals surface area contributed by atoms with E-state index in [1.807, 2.05) is 0 Å². The van der Waals surface area contributed by atoms with E-state index in [-0.39, 0.29) is 5.75 Å². The number of aliphatic carboxylic acids is 1. The molecule has 0 saturated carbocycles. The first kappa shape index (κ1) is 11.7. The smallest absolute Gasteiger partial charge is 0.374 e. The number of amides is 1. The summed E-state index contributed by atoms with van der Waals surface area (Å²) in [6.45, 7) is 1.69. The van der Waals surface area contributed by atoms with Crippen molar-refractivity contribution in [1.29, 1.82) is 0 Å². The Hall–Kier alpha value is -1.37. The first-order chi connectivity index (χ1) is 7.05. The first-order valence-corrected chi connectivity index (χ1v) is 5.25. The van der Waals surface area contributed by atoms with Gasteiger partial charge in [-0.2, -0.15) is 0 Å². The number of hydrogen-bond acceptors (Lipinski definition) is 5. The number of carboxylic acid groups (broad SMARTS) is 1. The molecule has 1 unspecified atom stereocenters. The quantitative estimate of drug-likeness (QED) is 0.508. The Morgan fingerprint density at radius 1 is 1.73 bits per heavy atom. The van der Waals surface area contributed by atoms with Crippen molar-refractivity contribution in [3.8, 4) is 0 Å². The van der Waals surface area contributed by atoms with Crippen LogP contribution in [0.15, 0.2) is 4.99 Å². The maximum Gasteiger partial charge on any atom is 0.374 e. The fourth-order valence-electron chi connectivity index (χ4n) is 1.23. The summed E-state index contributed by atoms with van der Waals surface area (Å²) in [4.78, 5) is 36.1. The van der Waals surface area contributed by atoms with E-state index in [9.17, 15) is 14.4 Å². The van der Waals surface area contributed by atoms with Gasteiger partial charge in [-0.05, 0) is 6.42 Å². The second-order valence-electron chi connectivity index (χ2n) is 2.99. The molecule has 7 heteroatoms. The molecule has 2 N–H and O–H groups in total. The zero-order valence-corrected chi connectivity index (χ0v) is 8.84. The number of rotatable bonds is 4. The standard InChI is InChI=1S/C8H10N2O4S/c1-2-8(5(12)6(13)14)3-15-7(10-8)9-4-11/h4H,2-3H2,1H3,(H,13,14)(H,9,10,11). The summed E-state index contributed by atoms with van der Waals surface area (Å²) >= 11 is 1.17. The Bertz CT molecular complexity index is 342. The van der Waals surface area contributed by atoms with Crippen molar-refractivity contribution in [2.24, 2.45) is 4.99 Å². The topological polar surface area (TPSA) is 95.8 Å². The van der Waals surface area contributed by atoms with Crippen molar-refractivity contribution >= 4 is 35.1 Å². The van der Waals surface area contributed by atoms with Gasteiger partial charge >= 0.3 is 5.97 Å². The number of hydrogen-bond donors (Lipinski definition) is 2. The molecule has 1 amide bonds. The lowest BCUT2D eigenvalue weighted by Crippen LogP contribution is -2.41. The van der Waals surface area contributed by atoms with E-state index in [0.717, 1.165) is 0 Å². The van der Waals surface area contributed by atoms with Crippen LogP contribution in [0.2, 0.25) is 0 Å². The van der Waals surface area contributed by atoms with Gasteiger partial charge in [0.2, 0.25) is 6.41 Å². The Labute approximate surface area is 90.1 Å². The van der Waals surface area contributed by atoms with Crippen LogP contribution in [0, 0.1) is 0 Å². The molecular formula is C8H10N2O4S. The van der Waals surface area contributed by atoms with Crippen LogP contribution in [-0.2, 0) is 14.4 Å². The van der Waals surface area contributed by atoms with Crippen molar-refractivity contribution < 1.29 is 19.5 Å². The van der Waals surface area contributed by atoms with Crippen molar-refractivity contribution in [2.45, 2.75) is 18.9 Å². The lowest BCUT2D eigenvalue weighted by molar-refractivity contribution is -0.151. The van der Waals surface area contributed by atoms with Gasteiger partial charge in [0.15, 0.2) is 5.17 Å². The number of carbonyl (C=O) groups is 3. The second kappa shape index (κ2) is 4.43. The molecule has 0 aliphatic carbocycles. The summed E-state index contributed by atoms with van der Waals surface area (Å²) in [6.07, 6.45) is 0.748. The molecule has 1 rings (SSSR count). The molecule has 0 aromatic rings. The summed E-state index contributed by atoms with van der Waals surface area (Å²) in [5.74, 6) is -2.17. The molecule has 0 saturated heterocycles. The summed E-state index contributed by atoms with van der Waals surface area (Å²) < 4.78 is 0. The predicted molar refractivity (Wildman–Crippen MR) is 54.8 cm³/mol. The summed E-state index contributed by atoms with van der Waals surface area (Å²) in [5, 5.41) is 11.2. The normalized spacial score (nSPS) is 24.5. The minimum Gasteiger partial charge on any atom is -0.475 e. The number of nitrogens with one attached hydrogen (secondary N) is 1. The van der Waals surface area contributed by atoms with Gasteiger partial charge in [-0.3, -0.25) is 9.59 Å². The van der Waals surface area contributed by atoms with Crippen LogP contribution in [-0.4, -0.2) is 39.7 Å². The van der Waals surface area contributed by atoms with Gasteiger partial charge in [-0.1, -0.05) is 18.7 Å². The molecule has 1 aliphatic rings. The number of carbonyl (C=O) groups excluding carboxylic acids is 2. The average molecular weight is 230 g/mol. The molecule has 6 nitrogen and oxygen atoms in total. The highest BCUT2D eigenvalue weighted by Gasteiger charge is 2.44. The van der Waals surface area contributed by atoms with Crippen molar-refractivity contribution in [3.05, 3.63) is 0 Å². The van der Waals surface area contributed by atoms with E-state index in [2.05, 4.69) is 10.3 Å². The zero-order valence-electron chi connectivity index (χ0n) is 8.02. The van der Waals surface area contributed by atoms with E-state index in [1.165, 1.54) is 11.8 Å². The fraction of sp³-hybridized carbons (Fsp3) is 0.500. The molecule has 0 fully saturated rings. The third-order valence-electron chi connectivity index (χ3n) is 2.15. The highest BCUT2D eigenvalue weighted by molar-refractivity contribution is 8.14. The third-order valence-corrected chi connectivity index (χ3v) is 3.25. The molecule has 1 heterocycles. The van der Waals surface area contributed by atoms with Crippen LogP contribution < -0.4 is 5.32 Å². The average Bonchev–Trinajstić information content (AvgIpc) is 2.62. The molecule has 0 radical (unpaired) electrons. The van der Waals surface area contributed by atoms with Gasteiger partial charge in [-0.25, -0.2) is 9.79 Å². The summed E-state index contributed by atoms with van der Waals surface area (Å²) in [7, 11) is 0. The van der Waals surface area contributed by atoms with Crippen molar-refractivity contribution in [1.82, 2.24) is 5.32 Å². The minimum absolute atomic E-state index is 0.255. The minimum atomic E-state index is -1.49. The molecule has 0 bridgehead atoms. The van der Waals surface area contributed by atoms with Gasteiger partial charge < -0.3 is 10.4 Å². The largest absolute Gasteiger partial charge is 0.475 e. The number of amidine groups is 1. The van der Waals surface area contributed by atoms with E-state index < -0.39 is 17.3 Å². The van der Waals surface area contributed by atoms with E-state index in [0.29, 0.717) is 18.0 Å². The van der Waals surface area contributed by atoms with Gasteiger partial charge in [-0.15, -0.1) is 0 Å². The number of aliphatic imine (C=N–C) groups is 1. The number of thioether (sulfide) groups is 1. The second-order valence-corrected chi connectivity index (χ2v) is 3.95. The zero-order chi connectivity index (χ0) is 11.5. The number of Topliss-reactive ketones (excluding diaryl/α,β-unsaturated/α-hetero) is 1. The lowest BCUT2D eigenvalue weighted by atomic mass is 9.94. The number of carboxylic acids is 1. The van der Waals surface area contributed by atoms with Crippen LogP contribution in [0.3, 0.4) is 0 Å². The Morgan fingerprint density at radius 2 is 2.40 bits per heavy atom. The highest BCUT2D eigenvalue weighted by Crippen LogP contribution is 2.30. The molecule has 82 valence electrons. The van der Waals surface area contributed by atoms with Crippen LogP contribution in [0.1, 0.15) is 13.3 Å². The highest BCUT2D eigenvalue weighted by atomic mass is 32.2. The maximum atomic E-state index is 11.4. The van der Waals surface area contributed by atoms with Crippen molar-refractivity contribution in [3.63, 3.8) is 0 Å². The monoisotopic (exact) mass is 230 g/mol. The molecular weight excluding hydrogens is 220 g/mol. The lowest BCUT2D eigenvalue weighted by Gasteiger charge is -2.18. The Kier molecular flexibility index (Phi) is 3.46. The molecule has 1 aliphatic heterocycles. The van der Waals surface area contributed by atoms with E-state index in [4.69, 9.17) is 5.11 Å². The Balaban J connectivity index is 2.93. The van der Waals surface area contributed by atoms with Gasteiger partial charge in [0.25, 0.3) is 5.78 Å². The van der Waals surface area contributed by atoms with Crippen molar-refractivity contribution in [2.75, 3.05) is 5.75 Å². The maximum absolute atomic E-state index is 11.4. The molecule has 1 atom stereocenters. The van der Waals surface area contributed by atoms with Gasteiger partial charge in [0.05, 0.1) is 0 Å². The summed E-state index contributed by atoms with van der Waals surface area (Å²) in [6, 6.07) is 0. The SMILES string of the molecule is CCC1(C(=O)C(=O)O)CSC(NC=O)=N1. The Morgan fingerprint density at radius 3 is 2.87 bits per heavy atom. The predicted octanol–water partition coefficient (Wildman–Crippen LogP) is -0.362. The fourth-order valence-corrected chi connectivity index (χ4v) is 2.37. The molecule has 0 aromatic carbocycles. The third kappa shape index (κ3) is 2.17. The van der Waals surface area contributed by atoms with Gasteiger partial charge in [0.1, 0.15) is 5.54 Å². The summed E-state index contributed by atoms with van der Waals surface area (Å²) in [5.41, 5.74) is -1.22. The number of nitrogens with zero attached hydrogens (tertiary/aromatic N) is 1. The van der Waals surface area contributed by atoms with Crippen LogP contribution in [0.5, 0.6) is 0 Å². The molecule has 0 spiro atoms. The number of ketones is 1.